The summed E-state index contributed by atoms with van der Waals surface area (Å²) >= 11 is 0. The van der Waals surface area contributed by atoms with Crippen LogP contribution in [0.3, 0.4) is 0 Å². The molecule has 0 N–H and O–H groups in total. The van der Waals surface area contributed by atoms with Crippen molar-refractivity contribution < 1.29 is 9.59 Å². The van der Waals surface area contributed by atoms with Crippen molar-refractivity contribution in [3.05, 3.63) is 72.3 Å². The molecule has 0 saturated carbocycles. The molecule has 0 unspecified atom stereocenters. The first kappa shape index (κ1) is 20.3. The topological polar surface area (TPSA) is 56.2 Å². The van der Waals surface area contributed by atoms with E-state index in [2.05, 4.69) is 4.99 Å². The second-order valence-electron chi connectivity index (χ2n) is 7.61. The normalized spacial score (nSPS) is 12.5. The molecule has 31 heavy (non-hydrogen) atoms. The van der Waals surface area contributed by atoms with Gasteiger partial charge in [-0.1, -0.05) is 24.3 Å². The zero-order chi connectivity index (χ0) is 22.1. The number of para-hydroxylation sites is 2. The number of carbonyl (C=O) groups is 2. The van der Waals surface area contributed by atoms with Gasteiger partial charge in [-0.05, 0) is 48.0 Å². The summed E-state index contributed by atoms with van der Waals surface area (Å²) < 4.78 is 0. The summed E-state index contributed by atoms with van der Waals surface area (Å²) in [5, 5.41) is 0. The van der Waals surface area contributed by atoms with E-state index in [0.717, 1.165) is 11.3 Å². The van der Waals surface area contributed by atoms with Gasteiger partial charge in [0.25, 0.3) is 0 Å². The standard InChI is InChI=1S/C25H24N4O2/c1-17(30)28-22-7-5-6-8-23(22)29(18(2)31)25-15-20(11-14-24(25)28)26-16-19-9-12-21(13-10-19)27(3)4/h5-16H,1-4H3. The summed E-state index contributed by atoms with van der Waals surface area (Å²) in [6.45, 7) is 3.04. The van der Waals surface area contributed by atoms with Crippen molar-refractivity contribution in [3.63, 3.8) is 0 Å². The monoisotopic (exact) mass is 412 g/mol. The molecule has 0 bridgehead atoms. The Labute approximate surface area is 182 Å². The number of carbonyl (C=O) groups excluding carboxylic acids is 2. The first-order valence-corrected chi connectivity index (χ1v) is 10.0. The average molecular weight is 412 g/mol. The number of rotatable bonds is 3. The van der Waals surface area contributed by atoms with Gasteiger partial charge in [0, 0.05) is 39.8 Å². The minimum Gasteiger partial charge on any atom is -0.378 e. The van der Waals surface area contributed by atoms with Crippen LogP contribution >= 0.6 is 0 Å². The van der Waals surface area contributed by atoms with Gasteiger partial charge in [-0.3, -0.25) is 24.4 Å². The Kier molecular flexibility index (Phi) is 5.29. The van der Waals surface area contributed by atoms with E-state index >= 15 is 0 Å². The van der Waals surface area contributed by atoms with E-state index in [0.29, 0.717) is 28.4 Å². The number of hydrogen-bond acceptors (Lipinski definition) is 4. The molecule has 0 spiro atoms. The maximum absolute atomic E-state index is 12.6. The summed E-state index contributed by atoms with van der Waals surface area (Å²) in [7, 11) is 4.00. The highest BCUT2D eigenvalue weighted by atomic mass is 16.2. The minimum atomic E-state index is -0.127. The Morgan fingerprint density at radius 1 is 0.774 bits per heavy atom. The van der Waals surface area contributed by atoms with Crippen LogP contribution in [-0.4, -0.2) is 32.1 Å². The molecule has 0 fully saturated rings. The SMILES string of the molecule is CC(=O)N1c2ccccc2N(C(C)=O)c2cc(N=Cc3ccc(N(C)C)cc3)ccc21. The number of amides is 2. The van der Waals surface area contributed by atoms with Crippen LogP contribution in [0.15, 0.2) is 71.7 Å². The molecule has 3 aromatic carbocycles. The Morgan fingerprint density at radius 2 is 1.32 bits per heavy atom. The van der Waals surface area contributed by atoms with Crippen LogP contribution in [0.25, 0.3) is 0 Å². The Morgan fingerprint density at radius 3 is 1.87 bits per heavy atom. The van der Waals surface area contributed by atoms with Crippen LogP contribution in [0, 0.1) is 0 Å². The van der Waals surface area contributed by atoms with Crippen LogP contribution in [-0.2, 0) is 9.59 Å². The largest absolute Gasteiger partial charge is 0.378 e. The van der Waals surface area contributed by atoms with Crippen molar-refractivity contribution in [1.29, 1.82) is 0 Å². The number of anilines is 5. The molecule has 0 saturated heterocycles. The first-order chi connectivity index (χ1) is 14.9. The molecular formula is C25H24N4O2. The quantitative estimate of drug-likeness (QED) is 0.557. The van der Waals surface area contributed by atoms with Gasteiger partial charge >= 0.3 is 0 Å². The highest BCUT2D eigenvalue weighted by Gasteiger charge is 2.32. The molecule has 0 radical (unpaired) electrons. The second kappa shape index (κ2) is 8.07. The van der Waals surface area contributed by atoms with Gasteiger partial charge in [-0.2, -0.15) is 0 Å². The average Bonchev–Trinajstić information content (AvgIpc) is 2.75. The highest BCUT2D eigenvalue weighted by Crippen LogP contribution is 2.49. The van der Waals surface area contributed by atoms with E-state index in [9.17, 15) is 9.59 Å². The molecule has 1 aliphatic rings. The second-order valence-corrected chi connectivity index (χ2v) is 7.61. The molecule has 1 heterocycles. The van der Waals surface area contributed by atoms with Crippen molar-refractivity contribution in [3.8, 4) is 0 Å². The molecule has 156 valence electrons. The lowest BCUT2D eigenvalue weighted by Crippen LogP contribution is -2.34. The van der Waals surface area contributed by atoms with Crippen LogP contribution in [0.5, 0.6) is 0 Å². The smallest absolute Gasteiger partial charge is 0.228 e. The summed E-state index contributed by atoms with van der Waals surface area (Å²) in [4.78, 5) is 34.9. The van der Waals surface area contributed by atoms with Gasteiger partial charge < -0.3 is 4.90 Å². The van der Waals surface area contributed by atoms with E-state index in [4.69, 9.17) is 0 Å². The zero-order valence-electron chi connectivity index (χ0n) is 18.0. The number of aliphatic imine (C=N–C) groups is 1. The van der Waals surface area contributed by atoms with E-state index in [1.54, 1.807) is 16.0 Å². The lowest BCUT2D eigenvalue weighted by molar-refractivity contribution is -0.117. The Bertz CT molecular complexity index is 1180. The van der Waals surface area contributed by atoms with E-state index in [-0.39, 0.29) is 11.8 Å². The molecule has 1 aliphatic heterocycles. The fraction of sp³-hybridized carbons (Fsp3) is 0.160. The van der Waals surface area contributed by atoms with Crippen LogP contribution < -0.4 is 14.7 Å². The Balaban J connectivity index is 1.75. The molecule has 6 heteroatoms. The van der Waals surface area contributed by atoms with Crippen molar-refractivity contribution in [1.82, 2.24) is 0 Å². The van der Waals surface area contributed by atoms with Crippen molar-refractivity contribution in [2.75, 3.05) is 28.8 Å². The van der Waals surface area contributed by atoms with Crippen LogP contribution in [0.4, 0.5) is 34.1 Å². The fourth-order valence-corrected chi connectivity index (χ4v) is 3.75. The maximum Gasteiger partial charge on any atom is 0.228 e. The summed E-state index contributed by atoms with van der Waals surface area (Å²) in [6, 6.07) is 21.0. The van der Waals surface area contributed by atoms with Gasteiger partial charge in [-0.25, -0.2) is 0 Å². The summed E-state index contributed by atoms with van der Waals surface area (Å²) in [5.74, 6) is -0.244. The molecule has 6 nitrogen and oxygen atoms in total. The summed E-state index contributed by atoms with van der Waals surface area (Å²) in [6.07, 6.45) is 1.79. The van der Waals surface area contributed by atoms with Gasteiger partial charge in [0.05, 0.1) is 28.4 Å². The molecule has 4 rings (SSSR count). The molecule has 3 aromatic rings. The van der Waals surface area contributed by atoms with E-state index in [1.165, 1.54) is 13.8 Å². The van der Waals surface area contributed by atoms with Gasteiger partial charge in [0.2, 0.25) is 11.8 Å². The highest BCUT2D eigenvalue weighted by molar-refractivity contribution is 6.15. The Hall–Kier alpha value is -3.93. The van der Waals surface area contributed by atoms with Gasteiger partial charge in [0.1, 0.15) is 0 Å². The molecule has 0 atom stereocenters. The molecule has 0 aromatic heterocycles. The third kappa shape index (κ3) is 3.80. The number of hydrogen-bond donors (Lipinski definition) is 0. The number of nitrogens with zero attached hydrogens (tertiary/aromatic N) is 4. The summed E-state index contributed by atoms with van der Waals surface area (Å²) in [5.41, 5.74) is 5.46. The van der Waals surface area contributed by atoms with E-state index in [1.807, 2.05) is 85.7 Å². The van der Waals surface area contributed by atoms with Crippen LogP contribution in [0.2, 0.25) is 0 Å². The minimum absolute atomic E-state index is 0.117. The predicted octanol–water partition coefficient (Wildman–Crippen LogP) is 5.19. The lowest BCUT2D eigenvalue weighted by Gasteiger charge is -2.37. The lowest BCUT2D eigenvalue weighted by atomic mass is 10.1. The van der Waals surface area contributed by atoms with Gasteiger partial charge in [-0.15, -0.1) is 0 Å². The zero-order valence-corrected chi connectivity index (χ0v) is 18.0. The van der Waals surface area contributed by atoms with Crippen molar-refractivity contribution in [2.45, 2.75) is 13.8 Å². The maximum atomic E-state index is 12.6. The fourth-order valence-electron chi connectivity index (χ4n) is 3.75. The number of benzene rings is 3. The van der Waals surface area contributed by atoms with E-state index < -0.39 is 0 Å². The van der Waals surface area contributed by atoms with Crippen molar-refractivity contribution >= 4 is 52.2 Å². The molecule has 2 amide bonds. The third-order valence-electron chi connectivity index (χ3n) is 5.21. The predicted molar refractivity (Wildman–Crippen MR) is 127 cm³/mol. The number of fused-ring (bicyclic) bond motifs is 2. The molecular weight excluding hydrogens is 388 g/mol. The third-order valence-corrected chi connectivity index (χ3v) is 5.21. The molecule has 0 aliphatic carbocycles. The van der Waals surface area contributed by atoms with Gasteiger partial charge in [0.15, 0.2) is 0 Å². The first-order valence-electron chi connectivity index (χ1n) is 10.0. The van der Waals surface area contributed by atoms with Crippen molar-refractivity contribution in [2.24, 2.45) is 4.99 Å². The van der Waals surface area contributed by atoms with Crippen LogP contribution in [0.1, 0.15) is 19.4 Å².